The van der Waals surface area contributed by atoms with Gasteiger partial charge in [0.25, 0.3) is 0 Å². The summed E-state index contributed by atoms with van der Waals surface area (Å²) in [5, 5.41) is 4.07. The molecule has 0 unspecified atom stereocenters. The number of benzene rings is 1. The maximum Gasteiger partial charge on any atom is 0.413 e. The zero-order chi connectivity index (χ0) is 19.2. The van der Waals surface area contributed by atoms with E-state index in [-0.39, 0.29) is 5.54 Å². The third kappa shape index (κ3) is 3.76. The largest absolute Gasteiger partial charge is 0.413 e. The summed E-state index contributed by atoms with van der Waals surface area (Å²) in [5.41, 5.74) is 2.46. The van der Waals surface area contributed by atoms with E-state index in [0.29, 0.717) is 16.9 Å². The van der Waals surface area contributed by atoms with Gasteiger partial charge in [0.2, 0.25) is 0 Å². The van der Waals surface area contributed by atoms with Gasteiger partial charge in [-0.25, -0.2) is 14.8 Å². The van der Waals surface area contributed by atoms with Gasteiger partial charge in [-0.15, -0.1) is 0 Å². The molecule has 7 heteroatoms. The number of carbonyl (C=O) groups is 1. The molecule has 27 heavy (non-hydrogen) atoms. The lowest BCUT2D eigenvalue weighted by atomic mass is 10.1. The lowest BCUT2D eigenvalue weighted by Gasteiger charge is -2.19. The average Bonchev–Trinajstić information content (AvgIpc) is 3.35. The van der Waals surface area contributed by atoms with Crippen molar-refractivity contribution < 1.29 is 9.53 Å². The van der Waals surface area contributed by atoms with Crippen molar-refractivity contribution in [3.05, 3.63) is 41.9 Å². The summed E-state index contributed by atoms with van der Waals surface area (Å²) in [6.07, 6.45) is 5.42. The predicted octanol–water partition coefficient (Wildman–Crippen LogP) is 4.97. The van der Waals surface area contributed by atoms with Crippen LogP contribution in [0.25, 0.3) is 22.2 Å². The number of nitrogens with zero attached hydrogens (tertiary/aromatic N) is 3. The molecular formula is C20H21ClN4O2. The molecule has 1 aliphatic carbocycles. The van der Waals surface area contributed by atoms with Crippen molar-refractivity contribution >= 4 is 28.7 Å². The molecule has 0 saturated heterocycles. The summed E-state index contributed by atoms with van der Waals surface area (Å²) in [6.45, 7) is 5.70. The van der Waals surface area contributed by atoms with E-state index in [2.05, 4.69) is 26.0 Å². The minimum absolute atomic E-state index is 0.349. The van der Waals surface area contributed by atoms with E-state index in [0.717, 1.165) is 35.0 Å². The monoisotopic (exact) mass is 384 g/mol. The number of amides is 1. The number of aromatic nitrogens is 3. The Labute approximate surface area is 162 Å². The normalized spacial score (nSPS) is 14.4. The molecule has 1 aromatic carbocycles. The molecule has 0 atom stereocenters. The smallest absolute Gasteiger partial charge is 0.410 e. The topological polar surface area (TPSA) is 69.0 Å². The maximum atomic E-state index is 11.9. The van der Waals surface area contributed by atoms with Crippen molar-refractivity contribution in [1.82, 2.24) is 19.9 Å². The van der Waals surface area contributed by atoms with Gasteiger partial charge in [0.15, 0.2) is 0 Å². The maximum absolute atomic E-state index is 11.9. The van der Waals surface area contributed by atoms with Crippen LogP contribution in [0.5, 0.6) is 5.75 Å². The molecule has 6 nitrogen and oxygen atoms in total. The van der Waals surface area contributed by atoms with Crippen molar-refractivity contribution in [1.29, 1.82) is 0 Å². The lowest BCUT2D eigenvalue weighted by molar-refractivity contribution is 0.190. The Morgan fingerprint density at radius 2 is 1.93 bits per heavy atom. The van der Waals surface area contributed by atoms with Crippen molar-refractivity contribution in [2.75, 3.05) is 0 Å². The summed E-state index contributed by atoms with van der Waals surface area (Å²) in [5.74, 6) is 0.480. The first-order valence-corrected chi connectivity index (χ1v) is 9.31. The van der Waals surface area contributed by atoms with E-state index in [9.17, 15) is 4.79 Å². The molecule has 4 rings (SSSR count). The van der Waals surface area contributed by atoms with Crippen molar-refractivity contribution in [3.8, 4) is 16.9 Å². The number of nitrogens with one attached hydrogen (secondary N) is 1. The second-order valence-electron chi connectivity index (χ2n) is 7.83. The summed E-state index contributed by atoms with van der Waals surface area (Å²) >= 11 is 6.37. The molecule has 140 valence electrons. The van der Waals surface area contributed by atoms with Gasteiger partial charge in [-0.1, -0.05) is 23.7 Å². The van der Waals surface area contributed by atoms with Crippen LogP contribution in [-0.2, 0) is 0 Å². The van der Waals surface area contributed by atoms with Crippen LogP contribution in [0.1, 0.15) is 39.7 Å². The highest BCUT2D eigenvalue weighted by Crippen LogP contribution is 2.42. The summed E-state index contributed by atoms with van der Waals surface area (Å²) in [4.78, 5) is 20.5. The third-order valence-electron chi connectivity index (χ3n) is 4.36. The van der Waals surface area contributed by atoms with Crippen LogP contribution >= 0.6 is 11.6 Å². The van der Waals surface area contributed by atoms with E-state index in [1.807, 2.05) is 32.9 Å². The Hall–Kier alpha value is -2.60. The molecule has 0 radical (unpaired) electrons. The van der Waals surface area contributed by atoms with Crippen LogP contribution in [0.3, 0.4) is 0 Å². The lowest BCUT2D eigenvalue weighted by Crippen LogP contribution is -2.42. The molecule has 2 heterocycles. The quantitative estimate of drug-likeness (QED) is 0.647. The minimum atomic E-state index is -0.475. The molecule has 0 bridgehead atoms. The number of carbonyl (C=O) groups excluding carboxylic acids is 1. The van der Waals surface area contributed by atoms with Crippen LogP contribution in [0.15, 0.2) is 36.8 Å². The van der Waals surface area contributed by atoms with E-state index in [1.165, 1.54) is 6.33 Å². The standard InChI is InChI=1S/C20H21ClN4O2/c1-20(2,3)24-19(26)27-14-8-4-12(5-9-14)15-10-25(13-6-7-13)18-16(15)17(21)22-11-23-18/h4-5,8-11,13H,6-7H2,1-3H3,(H,24,26). The van der Waals surface area contributed by atoms with Crippen molar-refractivity contribution in [2.45, 2.75) is 45.2 Å². The van der Waals surface area contributed by atoms with Gasteiger partial charge in [0.05, 0.1) is 5.39 Å². The zero-order valence-electron chi connectivity index (χ0n) is 15.5. The van der Waals surface area contributed by atoms with Gasteiger partial charge >= 0.3 is 6.09 Å². The van der Waals surface area contributed by atoms with Gasteiger partial charge in [-0.3, -0.25) is 0 Å². The molecule has 1 fully saturated rings. The highest BCUT2D eigenvalue weighted by molar-refractivity contribution is 6.35. The third-order valence-corrected chi connectivity index (χ3v) is 4.64. The zero-order valence-corrected chi connectivity index (χ0v) is 16.2. The Kier molecular flexibility index (Phi) is 4.30. The number of fused-ring (bicyclic) bond motifs is 1. The summed E-state index contributed by atoms with van der Waals surface area (Å²) in [7, 11) is 0. The number of rotatable bonds is 3. The van der Waals surface area contributed by atoms with Crippen LogP contribution in [0, 0.1) is 0 Å². The first-order chi connectivity index (χ1) is 12.8. The van der Waals surface area contributed by atoms with E-state index >= 15 is 0 Å². The Morgan fingerprint density at radius 3 is 2.56 bits per heavy atom. The average molecular weight is 385 g/mol. The van der Waals surface area contributed by atoms with E-state index < -0.39 is 6.09 Å². The molecular weight excluding hydrogens is 364 g/mol. The van der Waals surface area contributed by atoms with Gasteiger partial charge in [-0.05, 0) is 51.3 Å². The minimum Gasteiger partial charge on any atom is -0.410 e. The van der Waals surface area contributed by atoms with Crippen LogP contribution in [0.4, 0.5) is 4.79 Å². The van der Waals surface area contributed by atoms with Crippen LogP contribution in [-0.4, -0.2) is 26.2 Å². The second-order valence-corrected chi connectivity index (χ2v) is 8.19. The Morgan fingerprint density at radius 1 is 1.22 bits per heavy atom. The van der Waals surface area contributed by atoms with Crippen LogP contribution in [0.2, 0.25) is 5.15 Å². The summed E-state index contributed by atoms with van der Waals surface area (Å²) < 4.78 is 7.52. The van der Waals surface area contributed by atoms with Gasteiger partial charge in [-0.2, -0.15) is 0 Å². The van der Waals surface area contributed by atoms with Crippen LogP contribution < -0.4 is 10.1 Å². The molecule has 0 aliphatic heterocycles. The SMILES string of the molecule is CC(C)(C)NC(=O)Oc1ccc(-c2cn(C3CC3)c3ncnc(Cl)c23)cc1. The van der Waals surface area contributed by atoms with E-state index in [1.54, 1.807) is 12.1 Å². The first-order valence-electron chi connectivity index (χ1n) is 8.93. The molecule has 1 N–H and O–H groups in total. The molecule has 1 saturated carbocycles. The number of hydrogen-bond donors (Lipinski definition) is 1. The van der Waals surface area contributed by atoms with Gasteiger partial charge < -0.3 is 14.6 Å². The fourth-order valence-electron chi connectivity index (χ4n) is 3.04. The fraction of sp³-hybridized carbons (Fsp3) is 0.350. The second kappa shape index (κ2) is 6.53. The fourth-order valence-corrected chi connectivity index (χ4v) is 3.27. The number of ether oxygens (including phenoxy) is 1. The summed E-state index contributed by atoms with van der Waals surface area (Å²) in [6, 6.07) is 7.85. The molecule has 2 aromatic heterocycles. The number of halogens is 1. The molecule has 1 aliphatic rings. The molecule has 0 spiro atoms. The predicted molar refractivity (Wildman–Crippen MR) is 105 cm³/mol. The Bertz CT molecular complexity index is 1000. The van der Waals surface area contributed by atoms with Gasteiger partial charge in [0, 0.05) is 23.3 Å². The van der Waals surface area contributed by atoms with E-state index in [4.69, 9.17) is 16.3 Å². The highest BCUT2D eigenvalue weighted by Gasteiger charge is 2.27. The first kappa shape index (κ1) is 17.8. The number of hydrogen-bond acceptors (Lipinski definition) is 4. The van der Waals surface area contributed by atoms with Gasteiger partial charge in [0.1, 0.15) is 22.9 Å². The highest BCUT2D eigenvalue weighted by atomic mass is 35.5. The Balaban J connectivity index is 1.64. The van der Waals surface area contributed by atoms with Crippen molar-refractivity contribution in [2.24, 2.45) is 0 Å². The molecule has 3 aromatic rings. The van der Waals surface area contributed by atoms with Crippen molar-refractivity contribution in [3.63, 3.8) is 0 Å². The molecule has 1 amide bonds.